The highest BCUT2D eigenvalue weighted by molar-refractivity contribution is 5.85. The van der Waals surface area contributed by atoms with Crippen LogP contribution in [0, 0.1) is 6.92 Å². The monoisotopic (exact) mass is 374 g/mol. The number of amides is 1. The minimum Gasteiger partial charge on any atom is -0.374 e. The molecule has 0 aromatic heterocycles. The number of carbonyl (C=O) groups excluding carboxylic acids is 1. The van der Waals surface area contributed by atoms with E-state index in [9.17, 15) is 4.79 Å². The van der Waals surface area contributed by atoms with E-state index in [1.165, 1.54) is 11.3 Å². The standard InChI is InChI=1S/C22H38N4O/c1-8-24-11-13-25(14-12-24)20-9-10-21(18(6)15-20)23-19(7)22(27)26(16(2)3)17(4)5/h9-10,15-17,19,23H,8,11-14H2,1-7H3. The van der Waals surface area contributed by atoms with Crippen LogP contribution in [0.4, 0.5) is 11.4 Å². The van der Waals surface area contributed by atoms with Gasteiger partial charge in [-0.3, -0.25) is 4.79 Å². The Morgan fingerprint density at radius 2 is 1.67 bits per heavy atom. The molecule has 1 heterocycles. The Morgan fingerprint density at radius 1 is 1.07 bits per heavy atom. The summed E-state index contributed by atoms with van der Waals surface area (Å²) in [5, 5.41) is 3.43. The third-order valence-electron chi connectivity index (χ3n) is 5.50. The Kier molecular flexibility index (Phi) is 7.54. The van der Waals surface area contributed by atoms with Crippen LogP contribution in [0.15, 0.2) is 18.2 Å². The predicted molar refractivity (Wildman–Crippen MR) is 116 cm³/mol. The Labute approximate surface area is 165 Å². The van der Waals surface area contributed by atoms with Gasteiger partial charge in [-0.05, 0) is 71.8 Å². The normalized spacial score (nSPS) is 16.7. The van der Waals surface area contributed by atoms with Crippen LogP contribution >= 0.6 is 0 Å². The van der Waals surface area contributed by atoms with Gasteiger partial charge in [0, 0.05) is 49.6 Å². The maximum atomic E-state index is 12.9. The number of piperazine rings is 1. The van der Waals surface area contributed by atoms with E-state index >= 15 is 0 Å². The topological polar surface area (TPSA) is 38.8 Å². The Hall–Kier alpha value is -1.75. The minimum absolute atomic E-state index is 0.152. The number of rotatable bonds is 7. The fourth-order valence-corrected chi connectivity index (χ4v) is 3.95. The molecule has 0 saturated carbocycles. The van der Waals surface area contributed by atoms with Crippen molar-refractivity contribution >= 4 is 17.3 Å². The summed E-state index contributed by atoms with van der Waals surface area (Å²) in [7, 11) is 0. The molecule has 1 aliphatic rings. The molecular weight excluding hydrogens is 336 g/mol. The van der Waals surface area contributed by atoms with Gasteiger partial charge in [-0.2, -0.15) is 0 Å². The van der Waals surface area contributed by atoms with E-state index in [0.29, 0.717) is 0 Å². The zero-order valence-electron chi connectivity index (χ0n) is 18.2. The number of likely N-dealkylation sites (N-methyl/N-ethyl adjacent to an activating group) is 1. The van der Waals surface area contributed by atoms with Crippen molar-refractivity contribution in [1.29, 1.82) is 0 Å². The van der Waals surface area contributed by atoms with Gasteiger partial charge in [-0.1, -0.05) is 6.92 Å². The third-order valence-corrected chi connectivity index (χ3v) is 5.50. The second kappa shape index (κ2) is 9.45. The summed E-state index contributed by atoms with van der Waals surface area (Å²) < 4.78 is 0. The van der Waals surface area contributed by atoms with Crippen LogP contribution in [0.5, 0.6) is 0 Å². The highest BCUT2D eigenvalue weighted by Crippen LogP contribution is 2.24. The predicted octanol–water partition coefficient (Wildman–Crippen LogP) is 3.58. The molecule has 1 atom stereocenters. The quantitative estimate of drug-likeness (QED) is 0.792. The van der Waals surface area contributed by atoms with Gasteiger partial charge >= 0.3 is 0 Å². The van der Waals surface area contributed by atoms with Crippen LogP contribution < -0.4 is 10.2 Å². The first-order chi connectivity index (χ1) is 12.7. The average Bonchev–Trinajstić information content (AvgIpc) is 2.62. The molecule has 1 amide bonds. The Morgan fingerprint density at radius 3 is 2.15 bits per heavy atom. The van der Waals surface area contributed by atoms with E-state index in [4.69, 9.17) is 0 Å². The lowest BCUT2D eigenvalue weighted by Gasteiger charge is -2.36. The SMILES string of the molecule is CCN1CCN(c2ccc(NC(C)C(=O)N(C(C)C)C(C)C)c(C)c2)CC1. The second-order valence-electron chi connectivity index (χ2n) is 8.22. The van der Waals surface area contributed by atoms with Crippen LogP contribution in [-0.4, -0.2) is 66.6 Å². The van der Waals surface area contributed by atoms with Crippen molar-refractivity contribution in [2.24, 2.45) is 0 Å². The lowest BCUT2D eigenvalue weighted by Crippen LogP contribution is -2.48. The minimum atomic E-state index is -0.243. The molecule has 0 radical (unpaired) electrons. The van der Waals surface area contributed by atoms with Crippen LogP contribution in [-0.2, 0) is 4.79 Å². The van der Waals surface area contributed by atoms with Gasteiger partial charge in [0.05, 0.1) is 0 Å². The molecular formula is C22H38N4O. The highest BCUT2D eigenvalue weighted by atomic mass is 16.2. The summed E-state index contributed by atoms with van der Waals surface area (Å²) in [6.45, 7) is 20.1. The summed E-state index contributed by atoms with van der Waals surface area (Å²) in [6, 6.07) is 6.70. The lowest BCUT2D eigenvalue weighted by atomic mass is 10.1. The van der Waals surface area contributed by atoms with Gasteiger partial charge < -0.3 is 20.0 Å². The summed E-state index contributed by atoms with van der Waals surface area (Å²) in [4.78, 5) is 19.8. The smallest absolute Gasteiger partial charge is 0.245 e. The fraction of sp³-hybridized carbons (Fsp3) is 0.682. The van der Waals surface area contributed by atoms with Gasteiger partial charge in [0.25, 0.3) is 0 Å². The Balaban J connectivity index is 2.04. The third kappa shape index (κ3) is 5.38. The molecule has 0 aliphatic carbocycles. The number of benzene rings is 1. The summed E-state index contributed by atoms with van der Waals surface area (Å²) >= 11 is 0. The molecule has 1 aromatic rings. The lowest BCUT2D eigenvalue weighted by molar-refractivity contribution is -0.135. The largest absolute Gasteiger partial charge is 0.374 e. The maximum absolute atomic E-state index is 12.9. The first-order valence-corrected chi connectivity index (χ1v) is 10.4. The zero-order chi connectivity index (χ0) is 20.1. The van der Waals surface area contributed by atoms with E-state index in [0.717, 1.165) is 38.4 Å². The van der Waals surface area contributed by atoms with Crippen molar-refractivity contribution in [1.82, 2.24) is 9.80 Å². The Bertz CT molecular complexity index is 613. The van der Waals surface area contributed by atoms with Gasteiger partial charge in [0.15, 0.2) is 0 Å². The molecule has 27 heavy (non-hydrogen) atoms. The number of hydrogen-bond acceptors (Lipinski definition) is 4. The van der Waals surface area contributed by atoms with Crippen molar-refractivity contribution in [3.63, 3.8) is 0 Å². The number of hydrogen-bond donors (Lipinski definition) is 1. The second-order valence-corrected chi connectivity index (χ2v) is 8.22. The van der Waals surface area contributed by atoms with E-state index in [2.05, 4.69) is 74.9 Å². The van der Waals surface area contributed by atoms with Crippen LogP contribution in [0.25, 0.3) is 0 Å². The fourth-order valence-electron chi connectivity index (χ4n) is 3.95. The van der Waals surface area contributed by atoms with Crippen LogP contribution in [0.3, 0.4) is 0 Å². The van der Waals surface area contributed by atoms with Gasteiger partial charge in [-0.25, -0.2) is 0 Å². The van der Waals surface area contributed by atoms with Crippen LogP contribution in [0.2, 0.25) is 0 Å². The summed E-state index contributed by atoms with van der Waals surface area (Å²) in [6.07, 6.45) is 0. The van der Waals surface area contributed by atoms with Gasteiger partial charge in [-0.15, -0.1) is 0 Å². The highest BCUT2D eigenvalue weighted by Gasteiger charge is 2.25. The van der Waals surface area contributed by atoms with Crippen molar-refractivity contribution in [2.45, 2.75) is 66.6 Å². The number of nitrogens with one attached hydrogen (secondary N) is 1. The molecule has 1 fully saturated rings. The number of anilines is 2. The first-order valence-electron chi connectivity index (χ1n) is 10.4. The molecule has 152 valence electrons. The first kappa shape index (κ1) is 21.5. The molecule has 5 nitrogen and oxygen atoms in total. The van der Waals surface area contributed by atoms with Crippen molar-refractivity contribution in [2.75, 3.05) is 42.9 Å². The van der Waals surface area contributed by atoms with Crippen molar-refractivity contribution < 1.29 is 4.79 Å². The van der Waals surface area contributed by atoms with E-state index in [1.807, 2.05) is 11.8 Å². The molecule has 1 N–H and O–H groups in total. The van der Waals surface area contributed by atoms with Crippen molar-refractivity contribution in [3.8, 4) is 0 Å². The number of aryl methyl sites for hydroxylation is 1. The summed E-state index contributed by atoms with van der Waals surface area (Å²) in [5.74, 6) is 0.152. The molecule has 1 aromatic carbocycles. The van der Waals surface area contributed by atoms with E-state index < -0.39 is 0 Å². The number of nitrogens with zero attached hydrogens (tertiary/aromatic N) is 3. The van der Waals surface area contributed by atoms with E-state index in [1.54, 1.807) is 0 Å². The average molecular weight is 375 g/mol. The molecule has 2 rings (SSSR count). The number of carbonyl (C=O) groups is 1. The zero-order valence-corrected chi connectivity index (χ0v) is 18.2. The van der Waals surface area contributed by atoms with Crippen LogP contribution in [0.1, 0.15) is 47.1 Å². The molecule has 0 bridgehead atoms. The molecule has 5 heteroatoms. The summed E-state index contributed by atoms with van der Waals surface area (Å²) in [5.41, 5.74) is 3.50. The van der Waals surface area contributed by atoms with Crippen molar-refractivity contribution in [3.05, 3.63) is 23.8 Å². The molecule has 1 aliphatic heterocycles. The van der Waals surface area contributed by atoms with Gasteiger partial charge in [0.2, 0.25) is 5.91 Å². The molecule has 1 unspecified atom stereocenters. The molecule has 1 saturated heterocycles. The maximum Gasteiger partial charge on any atom is 0.245 e. The van der Waals surface area contributed by atoms with E-state index in [-0.39, 0.29) is 24.0 Å². The molecule has 0 spiro atoms. The van der Waals surface area contributed by atoms with Gasteiger partial charge in [0.1, 0.15) is 6.04 Å².